The highest BCUT2D eigenvalue weighted by molar-refractivity contribution is 6.31. The summed E-state index contributed by atoms with van der Waals surface area (Å²) in [7, 11) is 0. The Hall–Kier alpha value is -0.600. The average Bonchev–Trinajstić information content (AvgIpc) is 2.89. The van der Waals surface area contributed by atoms with Crippen LogP contribution < -0.4 is 5.73 Å². The van der Waals surface area contributed by atoms with Crippen LogP contribution in [0.25, 0.3) is 0 Å². The Morgan fingerprint density at radius 1 is 1.62 bits per heavy atom. The van der Waals surface area contributed by atoms with Crippen molar-refractivity contribution in [3.63, 3.8) is 0 Å². The maximum absolute atomic E-state index is 6.02. The topological polar surface area (TPSA) is 38.9 Å². The molecule has 0 amide bonds. The van der Waals surface area contributed by atoms with Crippen LogP contribution in [-0.2, 0) is 0 Å². The van der Waals surface area contributed by atoms with E-state index < -0.39 is 0 Å². The molecular formula is C10H13ClN2. The normalized spacial score (nSPS) is 18.6. The van der Waals surface area contributed by atoms with Crippen LogP contribution in [0.5, 0.6) is 0 Å². The first kappa shape index (κ1) is 8.97. The van der Waals surface area contributed by atoms with Crippen molar-refractivity contribution in [3.05, 3.63) is 29.0 Å². The fraction of sp³-hybridized carbons (Fsp3) is 0.500. The third-order valence-corrected chi connectivity index (χ3v) is 2.80. The Morgan fingerprint density at radius 3 is 3.00 bits per heavy atom. The highest BCUT2D eigenvalue weighted by Gasteiger charge is 2.25. The summed E-state index contributed by atoms with van der Waals surface area (Å²) >= 11 is 5.98. The van der Waals surface area contributed by atoms with Gasteiger partial charge in [-0.3, -0.25) is 4.98 Å². The van der Waals surface area contributed by atoms with E-state index in [2.05, 4.69) is 4.98 Å². The molecule has 1 aromatic rings. The van der Waals surface area contributed by atoms with Crippen LogP contribution in [0, 0.1) is 5.92 Å². The van der Waals surface area contributed by atoms with Gasteiger partial charge in [0.2, 0.25) is 0 Å². The van der Waals surface area contributed by atoms with Crippen LogP contribution in [0.4, 0.5) is 0 Å². The SMILES string of the molecule is N[C@H](CC1CC1)c1ccncc1Cl. The maximum Gasteiger partial charge on any atom is 0.0637 e. The van der Waals surface area contributed by atoms with Gasteiger partial charge in [-0.1, -0.05) is 24.4 Å². The van der Waals surface area contributed by atoms with E-state index in [0.29, 0.717) is 5.02 Å². The van der Waals surface area contributed by atoms with Gasteiger partial charge in [-0.25, -0.2) is 0 Å². The van der Waals surface area contributed by atoms with Gasteiger partial charge in [-0.2, -0.15) is 0 Å². The molecule has 0 bridgehead atoms. The summed E-state index contributed by atoms with van der Waals surface area (Å²) in [5.74, 6) is 0.833. The molecule has 3 heteroatoms. The summed E-state index contributed by atoms with van der Waals surface area (Å²) in [6, 6.07) is 2.00. The highest BCUT2D eigenvalue weighted by Crippen LogP contribution is 2.37. The lowest BCUT2D eigenvalue weighted by Crippen LogP contribution is -2.11. The fourth-order valence-electron chi connectivity index (χ4n) is 1.53. The average molecular weight is 197 g/mol. The molecule has 0 aliphatic heterocycles. The molecule has 2 rings (SSSR count). The number of hydrogen-bond donors (Lipinski definition) is 1. The predicted molar refractivity (Wildman–Crippen MR) is 53.5 cm³/mol. The Morgan fingerprint density at radius 2 is 2.38 bits per heavy atom. The van der Waals surface area contributed by atoms with Gasteiger partial charge in [0.15, 0.2) is 0 Å². The van der Waals surface area contributed by atoms with Gasteiger partial charge in [0.05, 0.1) is 5.02 Å². The molecule has 0 saturated heterocycles. The first-order valence-electron chi connectivity index (χ1n) is 4.62. The Labute approximate surface area is 83.1 Å². The smallest absolute Gasteiger partial charge is 0.0637 e. The maximum atomic E-state index is 6.02. The molecule has 1 saturated carbocycles. The Balaban J connectivity index is 2.09. The van der Waals surface area contributed by atoms with Crippen molar-refractivity contribution in [3.8, 4) is 0 Å². The summed E-state index contributed by atoms with van der Waals surface area (Å²) in [6.45, 7) is 0. The number of rotatable bonds is 3. The molecule has 1 atom stereocenters. The van der Waals surface area contributed by atoms with Crippen LogP contribution in [0.2, 0.25) is 5.02 Å². The zero-order valence-corrected chi connectivity index (χ0v) is 8.17. The molecule has 1 aromatic heterocycles. The standard InChI is InChI=1S/C10H13ClN2/c11-9-6-13-4-3-8(9)10(12)5-7-1-2-7/h3-4,6-7,10H,1-2,5,12H2/t10-/m1/s1. The van der Waals surface area contributed by atoms with E-state index in [1.54, 1.807) is 12.4 Å². The van der Waals surface area contributed by atoms with Crippen LogP contribution >= 0.6 is 11.6 Å². The second-order valence-corrected chi connectivity index (χ2v) is 4.09. The van der Waals surface area contributed by atoms with Crippen molar-refractivity contribution in [1.82, 2.24) is 4.98 Å². The minimum absolute atomic E-state index is 0.0861. The van der Waals surface area contributed by atoms with Crippen molar-refractivity contribution < 1.29 is 0 Å². The minimum atomic E-state index is 0.0861. The van der Waals surface area contributed by atoms with Crippen LogP contribution in [0.1, 0.15) is 30.9 Å². The highest BCUT2D eigenvalue weighted by atomic mass is 35.5. The molecule has 2 nitrogen and oxygen atoms in total. The summed E-state index contributed by atoms with van der Waals surface area (Å²) in [4.78, 5) is 3.93. The quantitative estimate of drug-likeness (QED) is 0.807. The number of pyridine rings is 1. The van der Waals surface area contributed by atoms with Gasteiger partial charge >= 0.3 is 0 Å². The summed E-state index contributed by atoms with van der Waals surface area (Å²) in [5, 5.41) is 0.690. The fourth-order valence-corrected chi connectivity index (χ4v) is 1.79. The van der Waals surface area contributed by atoms with Crippen molar-refractivity contribution in [2.24, 2.45) is 11.7 Å². The molecule has 1 aliphatic rings. The lowest BCUT2D eigenvalue weighted by atomic mass is 10.0. The van der Waals surface area contributed by atoms with E-state index in [4.69, 9.17) is 17.3 Å². The van der Waals surface area contributed by atoms with Crippen LogP contribution in [0.15, 0.2) is 18.5 Å². The number of nitrogens with two attached hydrogens (primary N) is 1. The zero-order chi connectivity index (χ0) is 9.26. The summed E-state index contributed by atoms with van der Waals surface area (Å²) in [5.41, 5.74) is 7.06. The largest absolute Gasteiger partial charge is 0.324 e. The van der Waals surface area contributed by atoms with E-state index in [0.717, 1.165) is 17.9 Å². The second kappa shape index (κ2) is 3.64. The van der Waals surface area contributed by atoms with Gasteiger partial charge in [0, 0.05) is 18.4 Å². The molecule has 70 valence electrons. The molecule has 0 spiro atoms. The van der Waals surface area contributed by atoms with E-state index in [-0.39, 0.29) is 6.04 Å². The third kappa shape index (κ3) is 2.20. The van der Waals surface area contributed by atoms with Crippen LogP contribution in [-0.4, -0.2) is 4.98 Å². The molecule has 2 N–H and O–H groups in total. The molecule has 1 fully saturated rings. The molecule has 13 heavy (non-hydrogen) atoms. The van der Waals surface area contributed by atoms with Gasteiger partial charge in [-0.05, 0) is 24.0 Å². The van der Waals surface area contributed by atoms with Crippen molar-refractivity contribution in [2.75, 3.05) is 0 Å². The Kier molecular flexibility index (Phi) is 2.51. The van der Waals surface area contributed by atoms with E-state index >= 15 is 0 Å². The minimum Gasteiger partial charge on any atom is -0.324 e. The van der Waals surface area contributed by atoms with Gasteiger partial charge in [-0.15, -0.1) is 0 Å². The molecule has 0 aromatic carbocycles. The lowest BCUT2D eigenvalue weighted by molar-refractivity contribution is 0.596. The van der Waals surface area contributed by atoms with Gasteiger partial charge in [0.25, 0.3) is 0 Å². The van der Waals surface area contributed by atoms with E-state index in [1.165, 1.54) is 12.8 Å². The number of hydrogen-bond acceptors (Lipinski definition) is 2. The monoisotopic (exact) mass is 196 g/mol. The number of aromatic nitrogens is 1. The lowest BCUT2D eigenvalue weighted by Gasteiger charge is -2.12. The predicted octanol–water partition coefficient (Wildman–Crippen LogP) is 2.53. The van der Waals surface area contributed by atoms with E-state index in [9.17, 15) is 0 Å². The Bertz CT molecular complexity index is 297. The summed E-state index contributed by atoms with van der Waals surface area (Å²) in [6.07, 6.45) is 7.12. The summed E-state index contributed by atoms with van der Waals surface area (Å²) < 4.78 is 0. The zero-order valence-electron chi connectivity index (χ0n) is 7.41. The van der Waals surface area contributed by atoms with Gasteiger partial charge < -0.3 is 5.73 Å². The first-order valence-corrected chi connectivity index (χ1v) is 5.00. The first-order chi connectivity index (χ1) is 6.27. The second-order valence-electron chi connectivity index (χ2n) is 3.68. The number of halogens is 1. The number of nitrogens with zero attached hydrogens (tertiary/aromatic N) is 1. The van der Waals surface area contributed by atoms with Gasteiger partial charge in [0.1, 0.15) is 0 Å². The molecular weight excluding hydrogens is 184 g/mol. The van der Waals surface area contributed by atoms with Crippen molar-refractivity contribution in [1.29, 1.82) is 0 Å². The van der Waals surface area contributed by atoms with E-state index in [1.807, 2.05) is 6.07 Å². The van der Waals surface area contributed by atoms with Crippen molar-refractivity contribution >= 4 is 11.6 Å². The molecule has 1 heterocycles. The third-order valence-electron chi connectivity index (χ3n) is 2.49. The van der Waals surface area contributed by atoms with Crippen LogP contribution in [0.3, 0.4) is 0 Å². The molecule has 1 aliphatic carbocycles. The molecule has 0 unspecified atom stereocenters. The van der Waals surface area contributed by atoms with Crippen molar-refractivity contribution in [2.45, 2.75) is 25.3 Å². The molecule has 0 radical (unpaired) electrons.